The van der Waals surface area contributed by atoms with Crippen molar-refractivity contribution in [1.82, 2.24) is 24.8 Å². The molecule has 0 saturated carbocycles. The van der Waals surface area contributed by atoms with E-state index in [4.69, 9.17) is 4.52 Å². The van der Waals surface area contributed by atoms with Crippen molar-refractivity contribution in [2.24, 2.45) is 0 Å². The lowest BCUT2D eigenvalue weighted by atomic mass is 10.2. The van der Waals surface area contributed by atoms with Gasteiger partial charge in [-0.05, 0) is 34.5 Å². The zero-order valence-corrected chi connectivity index (χ0v) is 14.3. The Balaban J connectivity index is 1.48. The van der Waals surface area contributed by atoms with Crippen LogP contribution in [0.2, 0.25) is 0 Å². The Labute approximate surface area is 146 Å². The second-order valence-electron chi connectivity index (χ2n) is 5.65. The molecule has 4 heterocycles. The van der Waals surface area contributed by atoms with Crippen LogP contribution in [0.15, 0.2) is 52.0 Å². The molecular formula is C16H14BrN5O2. The van der Waals surface area contributed by atoms with E-state index >= 15 is 0 Å². The first-order chi connectivity index (χ1) is 11.7. The number of carbonyl (C=O) groups excluding carboxylic acids is 1. The van der Waals surface area contributed by atoms with Crippen molar-refractivity contribution in [2.45, 2.75) is 12.5 Å². The van der Waals surface area contributed by atoms with Gasteiger partial charge in [0.1, 0.15) is 0 Å². The molecule has 24 heavy (non-hydrogen) atoms. The zero-order chi connectivity index (χ0) is 16.5. The van der Waals surface area contributed by atoms with E-state index in [-0.39, 0.29) is 11.9 Å². The lowest BCUT2D eigenvalue weighted by Crippen LogP contribution is -2.29. The number of amides is 1. The molecule has 0 bridgehead atoms. The summed E-state index contributed by atoms with van der Waals surface area (Å²) >= 11 is 3.39. The molecule has 1 unspecified atom stereocenters. The van der Waals surface area contributed by atoms with E-state index in [0.29, 0.717) is 24.5 Å². The number of hydrogen-bond acceptors (Lipinski definition) is 5. The molecule has 3 aromatic heterocycles. The van der Waals surface area contributed by atoms with E-state index in [1.165, 1.54) is 0 Å². The molecule has 1 amide bonds. The van der Waals surface area contributed by atoms with E-state index in [1.54, 1.807) is 29.6 Å². The number of carbonyl (C=O) groups is 1. The topological polar surface area (TPSA) is 77.0 Å². The van der Waals surface area contributed by atoms with Crippen molar-refractivity contribution in [1.29, 1.82) is 0 Å². The summed E-state index contributed by atoms with van der Waals surface area (Å²) in [5.41, 5.74) is 1.11. The third kappa shape index (κ3) is 2.84. The van der Waals surface area contributed by atoms with E-state index in [2.05, 4.69) is 31.2 Å². The van der Waals surface area contributed by atoms with Gasteiger partial charge in [-0.2, -0.15) is 5.10 Å². The summed E-state index contributed by atoms with van der Waals surface area (Å²) in [5.74, 6) is 0.417. The number of pyridine rings is 1. The fraction of sp³-hybridized carbons (Fsp3) is 0.250. The van der Waals surface area contributed by atoms with Crippen LogP contribution < -0.4 is 0 Å². The quantitative estimate of drug-likeness (QED) is 0.690. The van der Waals surface area contributed by atoms with Gasteiger partial charge < -0.3 is 9.42 Å². The van der Waals surface area contributed by atoms with Crippen molar-refractivity contribution >= 4 is 21.8 Å². The van der Waals surface area contributed by atoms with E-state index in [1.807, 2.05) is 23.0 Å². The number of hydrogen-bond donors (Lipinski definition) is 0. The second kappa shape index (κ2) is 6.20. The molecule has 0 aliphatic carbocycles. The van der Waals surface area contributed by atoms with Gasteiger partial charge in [-0.25, -0.2) is 0 Å². The first kappa shape index (κ1) is 15.1. The average molecular weight is 388 g/mol. The maximum Gasteiger partial charge on any atom is 0.276 e. The van der Waals surface area contributed by atoms with E-state index in [9.17, 15) is 4.79 Å². The lowest BCUT2D eigenvalue weighted by Gasteiger charge is -2.14. The number of nitrogens with zero attached hydrogens (tertiary/aromatic N) is 5. The minimum Gasteiger partial charge on any atom is -0.355 e. The van der Waals surface area contributed by atoms with Gasteiger partial charge in [0.2, 0.25) is 0 Å². The molecule has 7 nitrogen and oxygen atoms in total. The molecule has 3 aromatic rings. The maximum absolute atomic E-state index is 12.6. The highest BCUT2D eigenvalue weighted by Crippen LogP contribution is 2.25. The molecule has 0 aromatic carbocycles. The predicted octanol–water partition coefficient (Wildman–Crippen LogP) is 2.78. The van der Waals surface area contributed by atoms with Crippen molar-refractivity contribution in [3.63, 3.8) is 0 Å². The van der Waals surface area contributed by atoms with Crippen molar-refractivity contribution in [2.75, 3.05) is 13.1 Å². The van der Waals surface area contributed by atoms with Gasteiger partial charge in [0, 0.05) is 43.3 Å². The summed E-state index contributed by atoms with van der Waals surface area (Å²) in [4.78, 5) is 18.4. The third-order valence-electron chi connectivity index (χ3n) is 4.07. The number of rotatable bonds is 3. The molecule has 0 radical (unpaired) electrons. The Bertz CT molecular complexity index is 860. The molecule has 0 N–H and O–H groups in total. The number of likely N-dealkylation sites (tertiary alicyclic amines) is 1. The van der Waals surface area contributed by atoms with Crippen LogP contribution >= 0.6 is 15.9 Å². The highest BCUT2D eigenvalue weighted by atomic mass is 79.9. The van der Waals surface area contributed by atoms with Gasteiger partial charge in [0.15, 0.2) is 11.5 Å². The number of aromatic nitrogens is 4. The standard InChI is InChI=1S/C16H14BrN5O2/c17-12-8-19-22(9-12)13-3-5-21(10-13)16(23)14-6-15(24-20-14)11-2-1-4-18-7-11/h1-2,4,6-9,13H,3,5,10H2. The summed E-state index contributed by atoms with van der Waals surface area (Å²) in [6.45, 7) is 1.29. The summed E-state index contributed by atoms with van der Waals surface area (Å²) in [6.07, 6.45) is 7.91. The summed E-state index contributed by atoms with van der Waals surface area (Å²) < 4.78 is 8.11. The normalized spacial score (nSPS) is 17.4. The van der Waals surface area contributed by atoms with Gasteiger partial charge >= 0.3 is 0 Å². The highest BCUT2D eigenvalue weighted by Gasteiger charge is 2.30. The van der Waals surface area contributed by atoms with Gasteiger partial charge in [-0.15, -0.1) is 0 Å². The molecule has 122 valence electrons. The summed E-state index contributed by atoms with van der Waals surface area (Å²) in [5, 5.41) is 8.21. The van der Waals surface area contributed by atoms with Gasteiger partial charge in [-0.3, -0.25) is 14.5 Å². The predicted molar refractivity (Wildman–Crippen MR) is 89.2 cm³/mol. The molecule has 4 rings (SSSR count). The summed E-state index contributed by atoms with van der Waals surface area (Å²) in [6, 6.07) is 5.53. The zero-order valence-electron chi connectivity index (χ0n) is 12.7. The second-order valence-corrected chi connectivity index (χ2v) is 6.57. The molecule has 1 saturated heterocycles. The van der Waals surface area contributed by atoms with Crippen LogP contribution in [-0.2, 0) is 0 Å². The van der Waals surface area contributed by atoms with Crippen LogP contribution in [0.3, 0.4) is 0 Å². The van der Waals surface area contributed by atoms with Crippen LogP contribution in [0.5, 0.6) is 0 Å². The Hall–Kier alpha value is -2.48. The maximum atomic E-state index is 12.6. The van der Waals surface area contributed by atoms with Gasteiger partial charge in [0.25, 0.3) is 5.91 Å². The minimum atomic E-state index is -0.123. The molecule has 8 heteroatoms. The van der Waals surface area contributed by atoms with Gasteiger partial charge in [0.05, 0.1) is 16.7 Å². The van der Waals surface area contributed by atoms with Crippen LogP contribution in [0.25, 0.3) is 11.3 Å². The average Bonchev–Trinajstić information content (AvgIpc) is 3.35. The minimum absolute atomic E-state index is 0.123. The van der Waals surface area contributed by atoms with Crippen LogP contribution in [0, 0.1) is 0 Å². The monoisotopic (exact) mass is 387 g/mol. The smallest absolute Gasteiger partial charge is 0.276 e. The summed E-state index contributed by atoms with van der Waals surface area (Å²) in [7, 11) is 0. The van der Waals surface area contributed by atoms with Crippen LogP contribution in [0.4, 0.5) is 0 Å². The Kier molecular flexibility index (Phi) is 3.89. The van der Waals surface area contributed by atoms with Crippen molar-refractivity contribution in [3.8, 4) is 11.3 Å². The van der Waals surface area contributed by atoms with E-state index in [0.717, 1.165) is 16.5 Å². The molecule has 1 aliphatic rings. The highest BCUT2D eigenvalue weighted by molar-refractivity contribution is 9.10. The Morgan fingerprint density at radius 1 is 1.38 bits per heavy atom. The van der Waals surface area contributed by atoms with E-state index < -0.39 is 0 Å². The first-order valence-corrected chi connectivity index (χ1v) is 8.36. The first-order valence-electron chi connectivity index (χ1n) is 7.57. The Morgan fingerprint density at radius 3 is 3.04 bits per heavy atom. The Morgan fingerprint density at radius 2 is 2.29 bits per heavy atom. The molecular weight excluding hydrogens is 374 g/mol. The third-order valence-corrected chi connectivity index (χ3v) is 4.48. The van der Waals surface area contributed by atoms with Crippen molar-refractivity contribution < 1.29 is 9.32 Å². The van der Waals surface area contributed by atoms with Crippen LogP contribution in [0.1, 0.15) is 23.0 Å². The van der Waals surface area contributed by atoms with Crippen LogP contribution in [-0.4, -0.2) is 43.8 Å². The lowest BCUT2D eigenvalue weighted by molar-refractivity contribution is 0.0777. The molecule has 1 aliphatic heterocycles. The number of halogens is 1. The fourth-order valence-electron chi connectivity index (χ4n) is 2.84. The molecule has 1 atom stereocenters. The van der Waals surface area contributed by atoms with Crippen molar-refractivity contribution in [3.05, 3.63) is 53.2 Å². The SMILES string of the molecule is O=C(c1cc(-c2cccnc2)on1)N1CCC(n2cc(Br)cn2)C1. The molecule has 0 spiro atoms. The largest absolute Gasteiger partial charge is 0.355 e. The fourth-order valence-corrected chi connectivity index (χ4v) is 3.14. The van der Waals surface area contributed by atoms with Gasteiger partial charge in [-0.1, -0.05) is 5.16 Å². The molecule has 1 fully saturated rings.